The summed E-state index contributed by atoms with van der Waals surface area (Å²) in [6.45, 7) is 2.76. The van der Waals surface area contributed by atoms with Gasteiger partial charge in [-0.2, -0.15) is 0 Å². The normalized spacial score (nSPS) is 10.8. The summed E-state index contributed by atoms with van der Waals surface area (Å²) in [5.74, 6) is 0. The smallest absolute Gasteiger partial charge is 0.248 e. The Morgan fingerprint density at radius 2 is 2.05 bits per heavy atom. The molecule has 0 radical (unpaired) electrons. The van der Waals surface area contributed by atoms with Gasteiger partial charge in [0, 0.05) is 29.0 Å². The van der Waals surface area contributed by atoms with E-state index in [9.17, 15) is 9.59 Å². The SMILES string of the molecule is Cc1cc(Br)cnc1CCCCNc1cc(=O)c1=O. The maximum absolute atomic E-state index is 11.0. The second-order valence-electron chi connectivity index (χ2n) is 4.55. The number of hydrogen-bond donors (Lipinski definition) is 1. The van der Waals surface area contributed by atoms with E-state index in [0.29, 0.717) is 12.2 Å². The van der Waals surface area contributed by atoms with Crippen LogP contribution in [0.3, 0.4) is 0 Å². The van der Waals surface area contributed by atoms with Crippen molar-refractivity contribution in [3.8, 4) is 0 Å². The molecule has 0 aliphatic heterocycles. The van der Waals surface area contributed by atoms with Gasteiger partial charge in [-0.25, -0.2) is 0 Å². The topological polar surface area (TPSA) is 59.1 Å². The van der Waals surface area contributed by atoms with Crippen LogP contribution in [0.15, 0.2) is 32.4 Å². The summed E-state index contributed by atoms with van der Waals surface area (Å²) in [5, 5.41) is 2.97. The van der Waals surface area contributed by atoms with E-state index in [2.05, 4.69) is 39.2 Å². The van der Waals surface area contributed by atoms with Gasteiger partial charge < -0.3 is 5.32 Å². The van der Waals surface area contributed by atoms with Gasteiger partial charge in [0.1, 0.15) is 0 Å². The highest BCUT2D eigenvalue weighted by Crippen LogP contribution is 2.14. The lowest BCUT2D eigenvalue weighted by Gasteiger charge is -2.07. The van der Waals surface area contributed by atoms with Gasteiger partial charge in [-0.15, -0.1) is 0 Å². The fraction of sp³-hybridized carbons (Fsp3) is 0.357. The van der Waals surface area contributed by atoms with Crippen LogP contribution in [0.25, 0.3) is 0 Å². The number of nitrogens with one attached hydrogen (secondary N) is 1. The molecule has 0 saturated heterocycles. The number of halogens is 1. The first kappa shape index (κ1) is 13.9. The van der Waals surface area contributed by atoms with Gasteiger partial charge >= 0.3 is 0 Å². The molecule has 2 rings (SSSR count). The molecular formula is C14H15BrN2O2. The third-order valence-electron chi connectivity index (χ3n) is 3.05. The Kier molecular flexibility index (Phi) is 4.47. The summed E-state index contributed by atoms with van der Waals surface area (Å²) in [7, 11) is 0. The molecule has 19 heavy (non-hydrogen) atoms. The van der Waals surface area contributed by atoms with E-state index in [1.165, 1.54) is 11.6 Å². The Labute approximate surface area is 119 Å². The van der Waals surface area contributed by atoms with Gasteiger partial charge in [0.2, 0.25) is 10.9 Å². The van der Waals surface area contributed by atoms with Gasteiger partial charge in [0.25, 0.3) is 0 Å². The minimum Gasteiger partial charge on any atom is -0.382 e. The lowest BCUT2D eigenvalue weighted by atomic mass is 10.1. The Morgan fingerprint density at radius 3 is 2.68 bits per heavy atom. The molecule has 0 fully saturated rings. The summed E-state index contributed by atoms with van der Waals surface area (Å²) >= 11 is 3.39. The number of hydrogen-bond acceptors (Lipinski definition) is 4. The minimum absolute atomic E-state index is 0.398. The van der Waals surface area contributed by atoms with Crippen LogP contribution < -0.4 is 16.2 Å². The van der Waals surface area contributed by atoms with Crippen LogP contribution in [-0.4, -0.2) is 11.5 Å². The molecule has 0 bridgehead atoms. The van der Waals surface area contributed by atoms with Crippen LogP contribution in [-0.2, 0) is 6.42 Å². The second kappa shape index (κ2) is 6.10. The molecular weight excluding hydrogens is 308 g/mol. The molecule has 0 saturated carbocycles. The number of aromatic nitrogens is 1. The van der Waals surface area contributed by atoms with Crippen molar-refractivity contribution in [2.75, 3.05) is 11.9 Å². The van der Waals surface area contributed by atoms with E-state index in [4.69, 9.17) is 0 Å². The Balaban J connectivity index is 1.71. The Bertz CT molecular complexity index is 645. The molecule has 1 aromatic carbocycles. The molecule has 2 aromatic rings. The van der Waals surface area contributed by atoms with Gasteiger partial charge in [0.15, 0.2) is 0 Å². The first-order valence-corrected chi connectivity index (χ1v) is 7.02. The van der Waals surface area contributed by atoms with Crippen LogP contribution in [0.5, 0.6) is 0 Å². The predicted octanol–water partition coefficient (Wildman–Crippen LogP) is 2.18. The number of anilines is 1. The van der Waals surface area contributed by atoms with Crippen molar-refractivity contribution >= 4 is 21.6 Å². The maximum Gasteiger partial charge on any atom is 0.248 e. The average molecular weight is 323 g/mol. The molecule has 0 spiro atoms. The van der Waals surface area contributed by atoms with Crippen molar-refractivity contribution in [3.05, 3.63) is 54.5 Å². The van der Waals surface area contributed by atoms with E-state index < -0.39 is 10.9 Å². The quantitative estimate of drug-likeness (QED) is 0.654. The van der Waals surface area contributed by atoms with Crippen LogP contribution in [0, 0.1) is 6.92 Å². The summed E-state index contributed by atoms with van der Waals surface area (Å²) in [5.41, 5.74) is 1.94. The van der Waals surface area contributed by atoms with Crippen molar-refractivity contribution in [1.29, 1.82) is 0 Å². The molecule has 0 atom stereocenters. The zero-order valence-corrected chi connectivity index (χ0v) is 12.3. The summed E-state index contributed by atoms with van der Waals surface area (Å²) in [6.07, 6.45) is 4.67. The monoisotopic (exact) mass is 322 g/mol. The highest BCUT2D eigenvalue weighted by molar-refractivity contribution is 9.10. The van der Waals surface area contributed by atoms with E-state index in [1.54, 1.807) is 0 Å². The molecule has 0 aliphatic carbocycles. The number of pyridine rings is 1. The zero-order chi connectivity index (χ0) is 13.8. The average Bonchev–Trinajstić information content (AvgIpc) is 2.39. The number of aryl methyl sites for hydroxylation is 2. The first-order chi connectivity index (χ1) is 9.08. The zero-order valence-electron chi connectivity index (χ0n) is 10.7. The maximum atomic E-state index is 11.0. The number of rotatable bonds is 6. The first-order valence-electron chi connectivity index (χ1n) is 6.23. The third kappa shape index (κ3) is 3.50. The molecule has 1 N–H and O–H groups in total. The van der Waals surface area contributed by atoms with Crippen LogP contribution >= 0.6 is 15.9 Å². The standard InChI is InChI=1S/C14H15BrN2O2/c1-9-6-10(15)8-17-11(9)4-2-3-5-16-12-7-13(18)14(12)19/h6-8,16H,2-5H2,1H3. The van der Waals surface area contributed by atoms with E-state index in [1.807, 2.05) is 6.20 Å². The van der Waals surface area contributed by atoms with E-state index in [0.717, 1.165) is 29.4 Å². The van der Waals surface area contributed by atoms with Gasteiger partial charge in [-0.3, -0.25) is 14.6 Å². The second-order valence-corrected chi connectivity index (χ2v) is 5.47. The highest BCUT2D eigenvalue weighted by atomic mass is 79.9. The lowest BCUT2D eigenvalue weighted by Crippen LogP contribution is -2.32. The van der Waals surface area contributed by atoms with Gasteiger partial charge in [0.05, 0.1) is 5.69 Å². The lowest BCUT2D eigenvalue weighted by molar-refractivity contribution is 0.744. The molecule has 0 unspecified atom stereocenters. The van der Waals surface area contributed by atoms with Crippen LogP contribution in [0.1, 0.15) is 24.1 Å². The molecule has 4 nitrogen and oxygen atoms in total. The van der Waals surface area contributed by atoms with Crippen molar-refractivity contribution in [3.63, 3.8) is 0 Å². The number of unbranched alkanes of at least 4 members (excludes halogenated alkanes) is 1. The van der Waals surface area contributed by atoms with Crippen LogP contribution in [0.4, 0.5) is 5.69 Å². The van der Waals surface area contributed by atoms with Gasteiger partial charge in [-0.1, -0.05) is 0 Å². The van der Waals surface area contributed by atoms with Crippen molar-refractivity contribution < 1.29 is 0 Å². The van der Waals surface area contributed by atoms with Crippen molar-refractivity contribution in [2.24, 2.45) is 0 Å². The summed E-state index contributed by atoms with van der Waals surface area (Å²) in [4.78, 5) is 26.1. The van der Waals surface area contributed by atoms with E-state index in [-0.39, 0.29) is 0 Å². The molecule has 1 aromatic heterocycles. The molecule has 1 heterocycles. The largest absolute Gasteiger partial charge is 0.382 e. The number of nitrogens with zero attached hydrogens (tertiary/aromatic N) is 1. The fourth-order valence-corrected chi connectivity index (χ4v) is 2.37. The summed E-state index contributed by atoms with van der Waals surface area (Å²) < 4.78 is 0.996. The van der Waals surface area contributed by atoms with Crippen molar-refractivity contribution in [2.45, 2.75) is 26.2 Å². The fourth-order valence-electron chi connectivity index (χ4n) is 1.92. The molecule has 0 aliphatic rings. The third-order valence-corrected chi connectivity index (χ3v) is 3.49. The van der Waals surface area contributed by atoms with E-state index >= 15 is 0 Å². The van der Waals surface area contributed by atoms with Gasteiger partial charge in [-0.05, 0) is 53.7 Å². The highest BCUT2D eigenvalue weighted by Gasteiger charge is 2.07. The molecule has 5 heteroatoms. The Hall–Kier alpha value is -1.49. The molecule has 100 valence electrons. The predicted molar refractivity (Wildman–Crippen MR) is 79.5 cm³/mol. The van der Waals surface area contributed by atoms with Crippen molar-refractivity contribution in [1.82, 2.24) is 4.98 Å². The minimum atomic E-state index is -0.405. The molecule has 0 amide bonds. The Morgan fingerprint density at radius 1 is 1.26 bits per heavy atom. The summed E-state index contributed by atoms with van der Waals surface area (Å²) in [6, 6.07) is 3.41. The van der Waals surface area contributed by atoms with Crippen LogP contribution in [0.2, 0.25) is 0 Å².